The van der Waals surface area contributed by atoms with Gasteiger partial charge in [0.15, 0.2) is 0 Å². The van der Waals surface area contributed by atoms with Crippen molar-refractivity contribution in [2.75, 3.05) is 6.54 Å². The largest absolute Gasteiger partial charge is 0.472 e. The van der Waals surface area contributed by atoms with Crippen LogP contribution in [0.1, 0.15) is 24.4 Å². The summed E-state index contributed by atoms with van der Waals surface area (Å²) >= 11 is 3.01. The topological polar surface area (TPSA) is 85.3 Å². The van der Waals surface area contributed by atoms with E-state index >= 15 is 0 Å². The predicted molar refractivity (Wildman–Crippen MR) is 88.3 cm³/mol. The molecule has 0 bridgehead atoms. The minimum Gasteiger partial charge on any atom is -0.472 e. The van der Waals surface area contributed by atoms with Crippen LogP contribution in [0.5, 0.6) is 0 Å². The standard InChI is InChI=1S/C15H14N4O3S2/c20-13-2-1-4-19(13)6-12-17-18-15(22-12)24-9-11-8-23-14(16-11)10-3-5-21-7-10/h3,5,7-8H,1-2,4,6,9H2. The van der Waals surface area contributed by atoms with Gasteiger partial charge in [-0.1, -0.05) is 11.8 Å². The van der Waals surface area contributed by atoms with Crippen LogP contribution in [-0.2, 0) is 17.1 Å². The van der Waals surface area contributed by atoms with Crippen molar-refractivity contribution < 1.29 is 13.6 Å². The van der Waals surface area contributed by atoms with Crippen LogP contribution in [0.4, 0.5) is 0 Å². The first-order chi connectivity index (χ1) is 11.8. The summed E-state index contributed by atoms with van der Waals surface area (Å²) in [5.41, 5.74) is 1.93. The number of aromatic nitrogens is 3. The summed E-state index contributed by atoms with van der Waals surface area (Å²) in [5, 5.41) is 11.5. The fraction of sp³-hybridized carbons (Fsp3) is 0.333. The van der Waals surface area contributed by atoms with E-state index in [1.165, 1.54) is 11.8 Å². The van der Waals surface area contributed by atoms with Crippen LogP contribution in [0.15, 0.2) is 38.0 Å². The Labute approximate surface area is 146 Å². The lowest BCUT2D eigenvalue weighted by Crippen LogP contribution is -2.23. The second-order valence-electron chi connectivity index (χ2n) is 5.33. The molecule has 1 amide bonds. The fourth-order valence-corrected chi connectivity index (χ4v) is 4.01. The second kappa shape index (κ2) is 6.78. The molecule has 124 valence electrons. The maximum absolute atomic E-state index is 11.6. The third-order valence-corrected chi connectivity index (χ3v) is 5.40. The molecule has 0 aromatic carbocycles. The van der Waals surface area contributed by atoms with Crippen LogP contribution in [0.2, 0.25) is 0 Å². The summed E-state index contributed by atoms with van der Waals surface area (Å²) < 4.78 is 10.7. The number of likely N-dealkylation sites (tertiary alicyclic amines) is 1. The van der Waals surface area contributed by atoms with E-state index in [-0.39, 0.29) is 5.91 Å². The van der Waals surface area contributed by atoms with E-state index in [1.54, 1.807) is 28.8 Å². The molecule has 24 heavy (non-hydrogen) atoms. The zero-order valence-corrected chi connectivity index (χ0v) is 14.3. The molecule has 0 saturated carbocycles. The molecule has 1 aliphatic heterocycles. The number of thiazole rings is 1. The molecule has 9 heteroatoms. The lowest BCUT2D eigenvalue weighted by Gasteiger charge is -2.11. The highest BCUT2D eigenvalue weighted by atomic mass is 32.2. The first kappa shape index (κ1) is 15.4. The lowest BCUT2D eigenvalue weighted by molar-refractivity contribution is -0.128. The van der Waals surface area contributed by atoms with Gasteiger partial charge < -0.3 is 13.7 Å². The minimum atomic E-state index is 0.150. The van der Waals surface area contributed by atoms with Crippen LogP contribution < -0.4 is 0 Å². The Kier molecular flexibility index (Phi) is 4.35. The van der Waals surface area contributed by atoms with Gasteiger partial charge in [-0.25, -0.2) is 4.98 Å². The number of thioether (sulfide) groups is 1. The number of hydrogen-bond acceptors (Lipinski definition) is 8. The molecule has 0 spiro atoms. The second-order valence-corrected chi connectivity index (χ2v) is 7.11. The number of carbonyl (C=O) groups is 1. The quantitative estimate of drug-likeness (QED) is 0.622. The molecular weight excluding hydrogens is 348 g/mol. The predicted octanol–water partition coefficient (Wildman–Crippen LogP) is 3.20. The van der Waals surface area contributed by atoms with Crippen molar-refractivity contribution in [3.05, 3.63) is 35.6 Å². The Morgan fingerprint density at radius 3 is 3.12 bits per heavy atom. The van der Waals surface area contributed by atoms with E-state index in [2.05, 4.69) is 15.2 Å². The summed E-state index contributed by atoms with van der Waals surface area (Å²) in [6.45, 7) is 1.16. The van der Waals surface area contributed by atoms with E-state index in [1.807, 2.05) is 11.4 Å². The molecule has 4 rings (SSSR count). The summed E-state index contributed by atoms with van der Waals surface area (Å²) in [4.78, 5) is 17.9. The normalized spacial score (nSPS) is 14.7. The first-order valence-electron chi connectivity index (χ1n) is 7.48. The molecule has 0 unspecified atom stereocenters. The first-order valence-corrected chi connectivity index (χ1v) is 9.34. The van der Waals surface area contributed by atoms with Crippen molar-refractivity contribution in [1.82, 2.24) is 20.1 Å². The van der Waals surface area contributed by atoms with Crippen LogP contribution >= 0.6 is 23.1 Å². The molecule has 1 saturated heterocycles. The van der Waals surface area contributed by atoms with Crippen molar-refractivity contribution in [1.29, 1.82) is 0 Å². The maximum Gasteiger partial charge on any atom is 0.277 e. The smallest absolute Gasteiger partial charge is 0.277 e. The van der Waals surface area contributed by atoms with Gasteiger partial charge in [0.1, 0.15) is 11.3 Å². The monoisotopic (exact) mass is 362 g/mol. The average molecular weight is 362 g/mol. The van der Waals surface area contributed by atoms with Crippen molar-refractivity contribution in [3.8, 4) is 10.6 Å². The van der Waals surface area contributed by atoms with Gasteiger partial charge in [-0.2, -0.15) is 0 Å². The van der Waals surface area contributed by atoms with Gasteiger partial charge in [-0.3, -0.25) is 4.79 Å². The average Bonchev–Trinajstić information content (AvgIpc) is 3.35. The van der Waals surface area contributed by atoms with E-state index in [9.17, 15) is 4.79 Å². The molecule has 0 atom stereocenters. The molecule has 3 aromatic rings. The molecule has 4 heterocycles. The van der Waals surface area contributed by atoms with Gasteiger partial charge in [0, 0.05) is 29.7 Å². The van der Waals surface area contributed by atoms with Gasteiger partial charge in [-0.05, 0) is 12.5 Å². The maximum atomic E-state index is 11.6. The molecule has 0 N–H and O–H groups in total. The highest BCUT2D eigenvalue weighted by Gasteiger charge is 2.22. The highest BCUT2D eigenvalue weighted by molar-refractivity contribution is 7.98. The van der Waals surface area contributed by atoms with Gasteiger partial charge in [0.05, 0.1) is 18.5 Å². The highest BCUT2D eigenvalue weighted by Crippen LogP contribution is 2.28. The van der Waals surface area contributed by atoms with Gasteiger partial charge in [0.2, 0.25) is 11.8 Å². The van der Waals surface area contributed by atoms with Crippen molar-refractivity contribution in [2.45, 2.75) is 30.4 Å². The molecular formula is C15H14N4O3S2. The Hall–Kier alpha value is -2.13. The van der Waals surface area contributed by atoms with Crippen LogP contribution in [0.3, 0.4) is 0 Å². The van der Waals surface area contributed by atoms with E-state index in [0.29, 0.717) is 29.8 Å². The summed E-state index contributed by atoms with van der Waals surface area (Å²) in [6, 6.07) is 1.89. The van der Waals surface area contributed by atoms with E-state index in [4.69, 9.17) is 8.83 Å². The molecule has 1 aliphatic rings. The lowest BCUT2D eigenvalue weighted by atomic mass is 10.4. The number of rotatable bonds is 6. The molecule has 0 aliphatic carbocycles. The molecule has 1 fully saturated rings. The van der Waals surface area contributed by atoms with E-state index < -0.39 is 0 Å². The van der Waals surface area contributed by atoms with Crippen LogP contribution in [0, 0.1) is 0 Å². The van der Waals surface area contributed by atoms with Crippen molar-refractivity contribution >= 4 is 29.0 Å². The summed E-state index contributed by atoms with van der Waals surface area (Å²) in [7, 11) is 0. The van der Waals surface area contributed by atoms with Gasteiger partial charge in [-0.15, -0.1) is 21.5 Å². The summed E-state index contributed by atoms with van der Waals surface area (Å²) in [6.07, 6.45) is 4.83. The van der Waals surface area contributed by atoms with Crippen LogP contribution in [0.25, 0.3) is 10.6 Å². The van der Waals surface area contributed by atoms with Crippen molar-refractivity contribution in [3.63, 3.8) is 0 Å². The Bertz CT molecular complexity index is 828. The number of carbonyl (C=O) groups excluding carboxylic acids is 1. The third kappa shape index (κ3) is 3.36. The minimum absolute atomic E-state index is 0.150. The van der Waals surface area contributed by atoms with Crippen molar-refractivity contribution in [2.24, 2.45) is 0 Å². The Morgan fingerprint density at radius 2 is 2.33 bits per heavy atom. The van der Waals surface area contributed by atoms with Crippen LogP contribution in [-0.4, -0.2) is 32.5 Å². The Morgan fingerprint density at radius 1 is 1.38 bits per heavy atom. The van der Waals surface area contributed by atoms with Gasteiger partial charge >= 0.3 is 0 Å². The van der Waals surface area contributed by atoms with E-state index in [0.717, 1.165) is 29.2 Å². The fourth-order valence-electron chi connectivity index (χ4n) is 2.42. The van der Waals surface area contributed by atoms with Gasteiger partial charge in [0.25, 0.3) is 5.22 Å². The zero-order valence-electron chi connectivity index (χ0n) is 12.7. The molecule has 7 nitrogen and oxygen atoms in total. The number of hydrogen-bond donors (Lipinski definition) is 0. The molecule has 3 aromatic heterocycles. The molecule has 0 radical (unpaired) electrons. The zero-order chi connectivity index (χ0) is 16.4. The SMILES string of the molecule is O=C1CCCN1Cc1nnc(SCc2csc(-c3ccoc3)n2)o1. The third-order valence-electron chi connectivity index (χ3n) is 3.61. The number of amides is 1. The number of nitrogens with zero attached hydrogens (tertiary/aromatic N) is 4. The summed E-state index contributed by atoms with van der Waals surface area (Å²) in [5.74, 6) is 1.28. The number of furan rings is 1. The Balaban J connectivity index is 1.34.